The molecule has 3 amide bonds. The number of hydrogen-bond donors (Lipinski definition) is 1. The predicted molar refractivity (Wildman–Crippen MR) is 80.6 cm³/mol. The summed E-state index contributed by atoms with van der Waals surface area (Å²) < 4.78 is 4.66. The zero-order chi connectivity index (χ0) is 16.1. The maximum atomic E-state index is 12.5. The van der Waals surface area contributed by atoms with E-state index in [2.05, 4.69) is 4.74 Å². The fraction of sp³-hybridized carbons (Fsp3) is 0.0625. The lowest BCUT2D eigenvalue weighted by molar-refractivity contribution is 0.0970. The van der Waals surface area contributed by atoms with E-state index in [0.717, 1.165) is 4.90 Å². The van der Waals surface area contributed by atoms with Gasteiger partial charge >= 0.3 is 6.09 Å². The van der Waals surface area contributed by atoms with Crippen LogP contribution in [-0.4, -0.2) is 25.0 Å². The van der Waals surface area contributed by atoms with Crippen LogP contribution in [0.5, 0.6) is 0 Å². The Morgan fingerprint density at radius 2 is 1.59 bits per heavy atom. The summed E-state index contributed by atoms with van der Waals surface area (Å²) in [6.07, 6.45) is -0.851. The van der Waals surface area contributed by atoms with Gasteiger partial charge in [0.05, 0.1) is 12.8 Å². The summed E-state index contributed by atoms with van der Waals surface area (Å²) in [5, 5.41) is 0. The van der Waals surface area contributed by atoms with Gasteiger partial charge in [-0.15, -0.1) is 0 Å². The molecule has 2 aromatic carbocycles. The first-order valence-electron chi connectivity index (χ1n) is 6.42. The largest absolute Gasteiger partial charge is 0.452 e. The summed E-state index contributed by atoms with van der Waals surface area (Å²) in [4.78, 5) is 36.6. The minimum Gasteiger partial charge on any atom is -0.452 e. The Balaban J connectivity index is 2.47. The van der Waals surface area contributed by atoms with Crippen molar-refractivity contribution >= 4 is 23.6 Å². The third-order valence-electron chi connectivity index (χ3n) is 2.97. The molecule has 0 atom stereocenters. The average molecular weight is 298 g/mol. The number of imide groups is 1. The molecule has 0 spiro atoms. The smallest absolute Gasteiger partial charge is 0.421 e. The SMILES string of the molecule is COC(=O)N(C(=O)c1ccccc1)c1cccc(C(N)=O)c1. The number of ether oxygens (including phenoxy) is 1. The van der Waals surface area contributed by atoms with Crippen molar-refractivity contribution in [3.8, 4) is 0 Å². The molecule has 0 heterocycles. The number of methoxy groups -OCH3 is 1. The molecule has 6 heteroatoms. The molecule has 2 rings (SSSR count). The quantitative estimate of drug-likeness (QED) is 0.940. The third kappa shape index (κ3) is 3.12. The van der Waals surface area contributed by atoms with Crippen molar-refractivity contribution in [3.05, 3.63) is 65.7 Å². The van der Waals surface area contributed by atoms with E-state index >= 15 is 0 Å². The van der Waals surface area contributed by atoms with Crippen molar-refractivity contribution in [3.63, 3.8) is 0 Å². The molecule has 112 valence electrons. The maximum Gasteiger partial charge on any atom is 0.421 e. The van der Waals surface area contributed by atoms with E-state index in [1.54, 1.807) is 30.3 Å². The van der Waals surface area contributed by atoms with E-state index in [1.807, 2.05) is 0 Å². The topological polar surface area (TPSA) is 89.7 Å². The number of primary amides is 1. The average Bonchev–Trinajstić information content (AvgIpc) is 2.55. The van der Waals surface area contributed by atoms with E-state index in [0.29, 0.717) is 5.56 Å². The number of carbonyl (C=O) groups is 3. The summed E-state index contributed by atoms with van der Waals surface area (Å²) in [6, 6.07) is 14.2. The zero-order valence-electron chi connectivity index (χ0n) is 11.9. The summed E-state index contributed by atoms with van der Waals surface area (Å²) in [5.41, 5.74) is 5.93. The second-order valence-electron chi connectivity index (χ2n) is 4.39. The molecule has 22 heavy (non-hydrogen) atoms. The fourth-order valence-corrected chi connectivity index (χ4v) is 1.90. The number of amides is 3. The van der Waals surface area contributed by atoms with Crippen LogP contribution in [0.4, 0.5) is 10.5 Å². The Hall–Kier alpha value is -3.15. The van der Waals surface area contributed by atoms with E-state index in [-0.39, 0.29) is 11.3 Å². The Kier molecular flexibility index (Phi) is 4.53. The van der Waals surface area contributed by atoms with Crippen molar-refractivity contribution in [1.29, 1.82) is 0 Å². The normalized spacial score (nSPS) is 9.86. The summed E-state index contributed by atoms with van der Waals surface area (Å²) in [7, 11) is 1.17. The van der Waals surface area contributed by atoms with Crippen LogP contribution in [0, 0.1) is 0 Å². The number of rotatable bonds is 3. The van der Waals surface area contributed by atoms with Crippen molar-refractivity contribution in [2.24, 2.45) is 5.73 Å². The van der Waals surface area contributed by atoms with Crippen LogP contribution in [0.25, 0.3) is 0 Å². The van der Waals surface area contributed by atoms with Crippen LogP contribution >= 0.6 is 0 Å². The van der Waals surface area contributed by atoms with Gasteiger partial charge in [0.1, 0.15) is 0 Å². The lowest BCUT2D eigenvalue weighted by atomic mass is 10.1. The number of anilines is 1. The van der Waals surface area contributed by atoms with Gasteiger partial charge in [0.2, 0.25) is 5.91 Å². The molecule has 6 nitrogen and oxygen atoms in total. The zero-order valence-corrected chi connectivity index (χ0v) is 11.9. The molecular formula is C16H14N2O4. The molecule has 2 aromatic rings. The maximum absolute atomic E-state index is 12.5. The third-order valence-corrected chi connectivity index (χ3v) is 2.97. The number of nitrogens with zero attached hydrogens (tertiary/aromatic N) is 1. The molecule has 0 aliphatic heterocycles. The van der Waals surface area contributed by atoms with Crippen LogP contribution in [0.3, 0.4) is 0 Å². The summed E-state index contributed by atoms with van der Waals surface area (Å²) in [6.45, 7) is 0. The van der Waals surface area contributed by atoms with Crippen molar-refractivity contribution < 1.29 is 19.1 Å². The molecule has 0 saturated heterocycles. The Bertz CT molecular complexity index is 713. The minimum atomic E-state index is -0.851. The number of hydrogen-bond acceptors (Lipinski definition) is 4. The van der Waals surface area contributed by atoms with Gasteiger partial charge in [-0.1, -0.05) is 24.3 Å². The Morgan fingerprint density at radius 1 is 0.955 bits per heavy atom. The highest BCUT2D eigenvalue weighted by atomic mass is 16.5. The standard InChI is InChI=1S/C16H14N2O4/c1-22-16(21)18(15(20)11-6-3-2-4-7-11)13-9-5-8-12(10-13)14(17)19/h2-10H,1H3,(H2,17,19). The van der Waals surface area contributed by atoms with Gasteiger partial charge in [-0.2, -0.15) is 0 Å². The molecule has 2 N–H and O–H groups in total. The van der Waals surface area contributed by atoms with Gasteiger partial charge in [-0.3, -0.25) is 9.59 Å². The summed E-state index contributed by atoms with van der Waals surface area (Å²) in [5.74, 6) is -1.21. The second-order valence-corrected chi connectivity index (χ2v) is 4.39. The molecule has 0 fully saturated rings. The van der Waals surface area contributed by atoms with Crippen molar-refractivity contribution in [1.82, 2.24) is 0 Å². The van der Waals surface area contributed by atoms with E-state index in [9.17, 15) is 14.4 Å². The van der Waals surface area contributed by atoms with Crippen LogP contribution in [-0.2, 0) is 4.74 Å². The second kappa shape index (κ2) is 6.53. The van der Waals surface area contributed by atoms with Gasteiger partial charge in [-0.05, 0) is 30.3 Å². The lowest BCUT2D eigenvalue weighted by Crippen LogP contribution is -2.37. The number of carbonyl (C=O) groups excluding carboxylic acids is 3. The highest BCUT2D eigenvalue weighted by molar-refractivity contribution is 6.19. The van der Waals surface area contributed by atoms with E-state index in [1.165, 1.54) is 31.4 Å². The monoisotopic (exact) mass is 298 g/mol. The molecule has 0 aromatic heterocycles. The fourth-order valence-electron chi connectivity index (χ4n) is 1.90. The van der Waals surface area contributed by atoms with Gasteiger partial charge < -0.3 is 10.5 Å². The van der Waals surface area contributed by atoms with E-state index < -0.39 is 17.9 Å². The molecule has 0 aliphatic rings. The number of benzene rings is 2. The van der Waals surface area contributed by atoms with Gasteiger partial charge in [-0.25, -0.2) is 9.69 Å². The lowest BCUT2D eigenvalue weighted by Gasteiger charge is -2.19. The van der Waals surface area contributed by atoms with Crippen molar-refractivity contribution in [2.75, 3.05) is 12.0 Å². The molecular weight excluding hydrogens is 284 g/mol. The predicted octanol–water partition coefficient (Wildman–Crippen LogP) is 2.20. The van der Waals surface area contributed by atoms with Crippen LogP contribution < -0.4 is 10.6 Å². The Morgan fingerprint density at radius 3 is 2.18 bits per heavy atom. The first-order chi connectivity index (χ1) is 10.5. The van der Waals surface area contributed by atoms with Gasteiger partial charge in [0.25, 0.3) is 5.91 Å². The van der Waals surface area contributed by atoms with Crippen LogP contribution in [0.1, 0.15) is 20.7 Å². The minimum absolute atomic E-state index is 0.187. The summed E-state index contributed by atoms with van der Waals surface area (Å²) >= 11 is 0. The van der Waals surface area contributed by atoms with Crippen LogP contribution in [0.15, 0.2) is 54.6 Å². The van der Waals surface area contributed by atoms with Gasteiger partial charge in [0, 0.05) is 11.1 Å². The molecule has 0 unspecified atom stereocenters. The molecule has 0 aliphatic carbocycles. The first-order valence-corrected chi connectivity index (χ1v) is 6.42. The highest BCUT2D eigenvalue weighted by Crippen LogP contribution is 2.20. The molecule has 0 saturated carbocycles. The Labute approximate surface area is 127 Å². The molecule has 0 bridgehead atoms. The molecule has 0 radical (unpaired) electrons. The first kappa shape index (κ1) is 15.2. The van der Waals surface area contributed by atoms with Gasteiger partial charge in [0.15, 0.2) is 0 Å². The van der Waals surface area contributed by atoms with E-state index in [4.69, 9.17) is 5.73 Å². The highest BCUT2D eigenvalue weighted by Gasteiger charge is 2.25. The van der Waals surface area contributed by atoms with Crippen molar-refractivity contribution in [2.45, 2.75) is 0 Å². The number of nitrogens with two attached hydrogens (primary N) is 1. The van der Waals surface area contributed by atoms with Crippen LogP contribution in [0.2, 0.25) is 0 Å².